The predicted molar refractivity (Wildman–Crippen MR) is 65.3 cm³/mol. The molecule has 1 aromatic rings. The van der Waals surface area contributed by atoms with Crippen LogP contribution in [0.25, 0.3) is 0 Å². The molecule has 0 amide bonds. The first-order valence-electron chi connectivity index (χ1n) is 5.26. The maximum Gasteiger partial charge on any atom is 0.133 e. The number of hydrogen-bond acceptors (Lipinski definition) is 2. The number of halogens is 1. The third-order valence-corrected chi connectivity index (χ3v) is 3.90. The molecule has 0 radical (unpaired) electrons. The second-order valence-corrected chi connectivity index (χ2v) is 5.02. The second-order valence-electron chi connectivity index (χ2n) is 4.17. The summed E-state index contributed by atoms with van der Waals surface area (Å²) in [6, 6.07) is 6.37. The summed E-state index contributed by atoms with van der Waals surface area (Å²) < 4.78 is 6.32. The summed E-state index contributed by atoms with van der Waals surface area (Å²) in [5, 5.41) is 0. The lowest BCUT2D eigenvalue weighted by molar-refractivity contribution is 0.410. The zero-order valence-corrected chi connectivity index (χ0v) is 10.5. The summed E-state index contributed by atoms with van der Waals surface area (Å²) in [5.74, 6) is 0.913. The van der Waals surface area contributed by atoms with Crippen LogP contribution in [0.4, 0.5) is 0 Å². The number of ether oxygens (including phenoxy) is 1. The lowest BCUT2D eigenvalue weighted by Crippen LogP contribution is -2.13. The quantitative estimate of drug-likeness (QED) is 0.913. The van der Waals surface area contributed by atoms with E-state index in [1.807, 2.05) is 0 Å². The second kappa shape index (κ2) is 4.14. The van der Waals surface area contributed by atoms with Crippen molar-refractivity contribution in [2.24, 2.45) is 5.73 Å². The van der Waals surface area contributed by atoms with E-state index in [-0.39, 0.29) is 0 Å². The van der Waals surface area contributed by atoms with Crippen LogP contribution in [0.15, 0.2) is 22.7 Å². The first-order valence-corrected chi connectivity index (χ1v) is 6.05. The molecule has 0 unspecified atom stereocenters. The maximum absolute atomic E-state index is 5.65. The van der Waals surface area contributed by atoms with Crippen molar-refractivity contribution in [1.82, 2.24) is 0 Å². The average molecular weight is 270 g/mol. The van der Waals surface area contributed by atoms with Crippen LogP contribution in [0, 0.1) is 0 Å². The summed E-state index contributed by atoms with van der Waals surface area (Å²) >= 11 is 3.47. The molecule has 1 aliphatic rings. The topological polar surface area (TPSA) is 35.2 Å². The highest BCUT2D eigenvalue weighted by Gasteiger charge is 2.43. The van der Waals surface area contributed by atoms with Gasteiger partial charge in [0.1, 0.15) is 5.75 Å². The Kier molecular flexibility index (Phi) is 3.03. The zero-order valence-electron chi connectivity index (χ0n) is 8.92. The van der Waals surface area contributed by atoms with Gasteiger partial charge in [-0.05, 0) is 64.8 Å². The summed E-state index contributed by atoms with van der Waals surface area (Å²) in [6.45, 7) is 0.762. The average Bonchev–Trinajstić information content (AvgIpc) is 3.00. The van der Waals surface area contributed by atoms with Crippen molar-refractivity contribution in [1.29, 1.82) is 0 Å². The molecule has 0 aromatic heterocycles. The van der Waals surface area contributed by atoms with Crippen LogP contribution < -0.4 is 10.5 Å². The minimum Gasteiger partial charge on any atom is -0.496 e. The van der Waals surface area contributed by atoms with E-state index in [2.05, 4.69) is 34.1 Å². The Labute approximate surface area is 98.9 Å². The van der Waals surface area contributed by atoms with Gasteiger partial charge in [0, 0.05) is 0 Å². The van der Waals surface area contributed by atoms with Gasteiger partial charge in [0.15, 0.2) is 0 Å². The van der Waals surface area contributed by atoms with E-state index in [1.54, 1.807) is 7.11 Å². The first kappa shape index (κ1) is 11.0. The van der Waals surface area contributed by atoms with E-state index in [4.69, 9.17) is 10.5 Å². The highest BCUT2D eigenvalue weighted by atomic mass is 79.9. The van der Waals surface area contributed by atoms with Crippen LogP contribution in [-0.4, -0.2) is 13.7 Å². The van der Waals surface area contributed by atoms with Gasteiger partial charge in [-0.3, -0.25) is 0 Å². The van der Waals surface area contributed by atoms with Gasteiger partial charge in [-0.2, -0.15) is 0 Å². The highest BCUT2D eigenvalue weighted by Crippen LogP contribution is 2.51. The first-order chi connectivity index (χ1) is 7.22. The SMILES string of the molecule is COc1cc(C2(CCN)CC2)ccc1Br. The molecular weight excluding hydrogens is 254 g/mol. The molecule has 82 valence electrons. The summed E-state index contributed by atoms with van der Waals surface area (Å²) in [4.78, 5) is 0. The van der Waals surface area contributed by atoms with E-state index < -0.39 is 0 Å². The summed E-state index contributed by atoms with van der Waals surface area (Å²) in [6.07, 6.45) is 3.60. The van der Waals surface area contributed by atoms with Crippen molar-refractivity contribution < 1.29 is 4.74 Å². The fraction of sp³-hybridized carbons (Fsp3) is 0.500. The molecule has 0 atom stereocenters. The fourth-order valence-electron chi connectivity index (χ4n) is 2.10. The molecule has 2 rings (SSSR count). The van der Waals surface area contributed by atoms with Crippen molar-refractivity contribution in [3.63, 3.8) is 0 Å². The number of hydrogen-bond donors (Lipinski definition) is 1. The van der Waals surface area contributed by atoms with E-state index in [0.29, 0.717) is 5.41 Å². The van der Waals surface area contributed by atoms with Gasteiger partial charge in [0.25, 0.3) is 0 Å². The Morgan fingerprint density at radius 3 is 2.73 bits per heavy atom. The Morgan fingerprint density at radius 1 is 1.47 bits per heavy atom. The van der Waals surface area contributed by atoms with Crippen LogP contribution >= 0.6 is 15.9 Å². The van der Waals surface area contributed by atoms with Gasteiger partial charge in [0.05, 0.1) is 11.6 Å². The molecule has 2 N–H and O–H groups in total. The molecule has 0 spiro atoms. The number of nitrogens with two attached hydrogens (primary N) is 1. The molecule has 15 heavy (non-hydrogen) atoms. The third kappa shape index (κ3) is 2.04. The minimum atomic E-state index is 0.350. The Bertz CT molecular complexity index is 361. The van der Waals surface area contributed by atoms with Crippen molar-refractivity contribution in [3.05, 3.63) is 28.2 Å². The van der Waals surface area contributed by atoms with E-state index in [1.165, 1.54) is 18.4 Å². The normalized spacial score (nSPS) is 17.5. The molecule has 1 aromatic carbocycles. The highest BCUT2D eigenvalue weighted by molar-refractivity contribution is 9.10. The molecule has 0 heterocycles. The van der Waals surface area contributed by atoms with Gasteiger partial charge in [-0.1, -0.05) is 6.07 Å². The monoisotopic (exact) mass is 269 g/mol. The van der Waals surface area contributed by atoms with Gasteiger partial charge in [-0.15, -0.1) is 0 Å². The molecule has 1 fully saturated rings. The fourth-order valence-corrected chi connectivity index (χ4v) is 2.51. The minimum absolute atomic E-state index is 0.350. The number of rotatable bonds is 4. The number of methoxy groups -OCH3 is 1. The Hall–Kier alpha value is -0.540. The largest absolute Gasteiger partial charge is 0.496 e. The van der Waals surface area contributed by atoms with Crippen molar-refractivity contribution in [2.75, 3.05) is 13.7 Å². The summed E-state index contributed by atoms with van der Waals surface area (Å²) in [5.41, 5.74) is 7.37. The molecule has 1 saturated carbocycles. The van der Waals surface area contributed by atoms with Crippen LogP contribution in [-0.2, 0) is 5.41 Å². The lowest BCUT2D eigenvalue weighted by Gasteiger charge is -2.16. The molecule has 3 heteroatoms. The van der Waals surface area contributed by atoms with Crippen molar-refractivity contribution >= 4 is 15.9 Å². The van der Waals surface area contributed by atoms with Gasteiger partial charge >= 0.3 is 0 Å². The standard InChI is InChI=1S/C12H16BrNO/c1-15-11-8-9(2-3-10(11)13)12(4-5-12)6-7-14/h2-3,8H,4-7,14H2,1H3. The van der Waals surface area contributed by atoms with Crippen molar-refractivity contribution in [3.8, 4) is 5.75 Å². The van der Waals surface area contributed by atoms with Crippen molar-refractivity contribution in [2.45, 2.75) is 24.7 Å². The van der Waals surface area contributed by atoms with Crippen LogP contribution in [0.1, 0.15) is 24.8 Å². The smallest absolute Gasteiger partial charge is 0.133 e. The van der Waals surface area contributed by atoms with E-state index >= 15 is 0 Å². The van der Waals surface area contributed by atoms with E-state index in [9.17, 15) is 0 Å². The third-order valence-electron chi connectivity index (χ3n) is 3.24. The molecule has 0 saturated heterocycles. The molecular formula is C12H16BrNO. The van der Waals surface area contributed by atoms with Crippen LogP contribution in [0.3, 0.4) is 0 Å². The van der Waals surface area contributed by atoms with Gasteiger partial charge in [0.2, 0.25) is 0 Å². The van der Waals surface area contributed by atoms with Crippen LogP contribution in [0.5, 0.6) is 5.75 Å². The Balaban J connectivity index is 2.29. The van der Waals surface area contributed by atoms with Gasteiger partial charge < -0.3 is 10.5 Å². The van der Waals surface area contributed by atoms with Crippen LogP contribution in [0.2, 0.25) is 0 Å². The number of benzene rings is 1. The molecule has 0 bridgehead atoms. The maximum atomic E-state index is 5.65. The lowest BCUT2D eigenvalue weighted by atomic mass is 9.92. The molecule has 1 aliphatic carbocycles. The summed E-state index contributed by atoms with van der Waals surface area (Å²) in [7, 11) is 1.70. The molecule has 0 aliphatic heterocycles. The Morgan fingerprint density at radius 2 is 2.20 bits per heavy atom. The predicted octanol–water partition coefficient (Wildman–Crippen LogP) is 2.84. The van der Waals surface area contributed by atoms with Gasteiger partial charge in [-0.25, -0.2) is 0 Å². The zero-order chi connectivity index (χ0) is 10.9. The molecule has 2 nitrogen and oxygen atoms in total. The van der Waals surface area contributed by atoms with E-state index in [0.717, 1.165) is 23.2 Å².